The zero-order valence-corrected chi connectivity index (χ0v) is 17.7. The molecule has 0 bridgehead atoms. The van der Waals surface area contributed by atoms with Gasteiger partial charge in [0.25, 0.3) is 11.8 Å². The molecule has 0 aromatic heterocycles. The SMILES string of the molecule is COc1cc(C(=O)NNC(=O)COc2ccc(F)cc2Cl)ccc1OCCC(C)C. The quantitative estimate of drug-likeness (QED) is 0.582. The number of hydrogen-bond donors (Lipinski definition) is 2. The third-order valence-corrected chi connectivity index (χ3v) is 4.24. The van der Waals surface area contributed by atoms with Gasteiger partial charge in [0.2, 0.25) is 0 Å². The topological polar surface area (TPSA) is 85.9 Å². The van der Waals surface area contributed by atoms with E-state index in [9.17, 15) is 14.0 Å². The number of nitrogens with one attached hydrogen (secondary N) is 2. The molecule has 2 amide bonds. The Kier molecular flexibility index (Phi) is 8.73. The molecule has 0 saturated heterocycles. The fourth-order valence-corrected chi connectivity index (χ4v) is 2.52. The number of carbonyl (C=O) groups excluding carboxylic acids is 2. The van der Waals surface area contributed by atoms with Crippen molar-refractivity contribution in [3.05, 3.63) is 52.8 Å². The number of halogens is 2. The molecule has 0 heterocycles. The highest BCUT2D eigenvalue weighted by molar-refractivity contribution is 6.32. The zero-order valence-electron chi connectivity index (χ0n) is 17.0. The fraction of sp³-hybridized carbons (Fsp3) is 0.333. The van der Waals surface area contributed by atoms with Crippen LogP contribution in [0.15, 0.2) is 36.4 Å². The highest BCUT2D eigenvalue weighted by Crippen LogP contribution is 2.28. The summed E-state index contributed by atoms with van der Waals surface area (Å²) in [7, 11) is 1.48. The molecule has 162 valence electrons. The summed E-state index contributed by atoms with van der Waals surface area (Å²) >= 11 is 5.82. The zero-order chi connectivity index (χ0) is 22.1. The summed E-state index contributed by atoms with van der Waals surface area (Å²) in [6, 6.07) is 8.24. The Hall–Kier alpha value is -3.00. The van der Waals surface area contributed by atoms with Crippen LogP contribution in [0.25, 0.3) is 0 Å². The highest BCUT2D eigenvalue weighted by atomic mass is 35.5. The van der Waals surface area contributed by atoms with Gasteiger partial charge in [-0.15, -0.1) is 0 Å². The van der Waals surface area contributed by atoms with Crippen LogP contribution in [0.2, 0.25) is 5.02 Å². The Balaban J connectivity index is 1.86. The highest BCUT2D eigenvalue weighted by Gasteiger charge is 2.13. The lowest BCUT2D eigenvalue weighted by Gasteiger charge is -2.13. The van der Waals surface area contributed by atoms with E-state index in [1.807, 2.05) is 0 Å². The maximum Gasteiger partial charge on any atom is 0.276 e. The van der Waals surface area contributed by atoms with Crippen molar-refractivity contribution in [2.45, 2.75) is 20.3 Å². The van der Waals surface area contributed by atoms with Gasteiger partial charge < -0.3 is 14.2 Å². The first kappa shape index (κ1) is 23.3. The summed E-state index contributed by atoms with van der Waals surface area (Å²) in [5.74, 6) is -0.0873. The van der Waals surface area contributed by atoms with Gasteiger partial charge in [-0.3, -0.25) is 20.4 Å². The van der Waals surface area contributed by atoms with Crippen molar-refractivity contribution >= 4 is 23.4 Å². The summed E-state index contributed by atoms with van der Waals surface area (Å²) in [5.41, 5.74) is 4.78. The molecular weight excluding hydrogens is 415 g/mol. The van der Waals surface area contributed by atoms with Crippen LogP contribution in [-0.4, -0.2) is 32.1 Å². The number of ether oxygens (including phenoxy) is 3. The van der Waals surface area contributed by atoms with Crippen LogP contribution in [0.4, 0.5) is 4.39 Å². The van der Waals surface area contributed by atoms with E-state index >= 15 is 0 Å². The molecule has 0 aliphatic carbocycles. The van der Waals surface area contributed by atoms with Crippen molar-refractivity contribution < 1.29 is 28.2 Å². The molecule has 0 aliphatic heterocycles. The Morgan fingerprint density at radius 2 is 1.77 bits per heavy atom. The van der Waals surface area contributed by atoms with Crippen LogP contribution < -0.4 is 25.1 Å². The first-order valence-electron chi connectivity index (χ1n) is 9.28. The van der Waals surface area contributed by atoms with E-state index in [1.54, 1.807) is 12.1 Å². The van der Waals surface area contributed by atoms with Crippen molar-refractivity contribution in [2.24, 2.45) is 5.92 Å². The van der Waals surface area contributed by atoms with Gasteiger partial charge in [-0.2, -0.15) is 0 Å². The van der Waals surface area contributed by atoms with Gasteiger partial charge in [-0.1, -0.05) is 25.4 Å². The van der Waals surface area contributed by atoms with Crippen molar-refractivity contribution in [1.29, 1.82) is 0 Å². The lowest BCUT2D eigenvalue weighted by atomic mass is 10.1. The number of hydrogen-bond acceptors (Lipinski definition) is 5. The molecule has 0 atom stereocenters. The lowest BCUT2D eigenvalue weighted by Crippen LogP contribution is -2.43. The van der Waals surface area contributed by atoms with E-state index in [0.717, 1.165) is 18.6 Å². The smallest absolute Gasteiger partial charge is 0.276 e. The Labute approximate surface area is 179 Å². The molecule has 2 aromatic carbocycles. The minimum absolute atomic E-state index is 0.0367. The molecule has 2 N–H and O–H groups in total. The number of hydrazine groups is 1. The molecule has 0 unspecified atom stereocenters. The monoisotopic (exact) mass is 438 g/mol. The molecule has 0 aliphatic rings. The van der Waals surface area contributed by atoms with Gasteiger partial charge in [0.05, 0.1) is 18.7 Å². The van der Waals surface area contributed by atoms with E-state index in [2.05, 4.69) is 24.7 Å². The van der Waals surface area contributed by atoms with Crippen LogP contribution in [0, 0.1) is 11.7 Å². The van der Waals surface area contributed by atoms with Gasteiger partial charge in [-0.05, 0) is 48.7 Å². The van der Waals surface area contributed by atoms with Crippen molar-refractivity contribution in [1.82, 2.24) is 10.9 Å². The summed E-state index contributed by atoms with van der Waals surface area (Å²) in [6.45, 7) is 4.31. The molecular formula is C21H24ClFN2O5. The summed E-state index contributed by atoms with van der Waals surface area (Å²) in [6.07, 6.45) is 0.891. The molecule has 30 heavy (non-hydrogen) atoms. The number of amides is 2. The second kappa shape index (κ2) is 11.3. The Morgan fingerprint density at radius 3 is 2.43 bits per heavy atom. The number of carbonyl (C=O) groups is 2. The van der Waals surface area contributed by atoms with Gasteiger partial charge in [0.15, 0.2) is 18.1 Å². The molecule has 7 nitrogen and oxygen atoms in total. The number of benzene rings is 2. The standard InChI is InChI=1S/C21H24ClFN2O5/c1-13(2)8-9-29-18-6-4-14(10-19(18)28-3)21(27)25-24-20(26)12-30-17-7-5-15(23)11-16(17)22/h4-7,10-11,13H,8-9,12H2,1-3H3,(H,24,26)(H,25,27). The van der Waals surface area contributed by atoms with Gasteiger partial charge in [0.1, 0.15) is 11.6 Å². The molecule has 2 aromatic rings. The van der Waals surface area contributed by atoms with Gasteiger partial charge in [0, 0.05) is 5.56 Å². The average Bonchev–Trinajstić information content (AvgIpc) is 2.71. The normalized spacial score (nSPS) is 10.5. The molecule has 0 saturated carbocycles. The van der Waals surface area contributed by atoms with E-state index in [0.29, 0.717) is 24.0 Å². The Bertz CT molecular complexity index is 892. The van der Waals surface area contributed by atoms with Crippen LogP contribution in [-0.2, 0) is 4.79 Å². The maximum atomic E-state index is 13.0. The second-order valence-electron chi connectivity index (χ2n) is 6.76. The fourth-order valence-electron chi connectivity index (χ4n) is 2.30. The molecule has 0 radical (unpaired) electrons. The second-order valence-corrected chi connectivity index (χ2v) is 7.17. The summed E-state index contributed by atoms with van der Waals surface area (Å²) < 4.78 is 29.2. The van der Waals surface area contributed by atoms with Crippen LogP contribution in [0.1, 0.15) is 30.6 Å². The van der Waals surface area contributed by atoms with Crippen LogP contribution in [0.5, 0.6) is 17.2 Å². The van der Waals surface area contributed by atoms with E-state index < -0.39 is 24.2 Å². The molecule has 9 heteroatoms. The predicted octanol–water partition coefficient (Wildman–Crippen LogP) is 3.75. The van der Waals surface area contributed by atoms with E-state index in [4.69, 9.17) is 25.8 Å². The third-order valence-electron chi connectivity index (χ3n) is 3.95. The first-order chi connectivity index (χ1) is 14.3. The largest absolute Gasteiger partial charge is 0.493 e. The van der Waals surface area contributed by atoms with Gasteiger partial charge in [-0.25, -0.2) is 4.39 Å². The van der Waals surface area contributed by atoms with E-state index in [1.165, 1.54) is 19.2 Å². The van der Waals surface area contributed by atoms with Gasteiger partial charge >= 0.3 is 0 Å². The third kappa shape index (κ3) is 7.11. The van der Waals surface area contributed by atoms with Crippen LogP contribution >= 0.6 is 11.6 Å². The van der Waals surface area contributed by atoms with Crippen LogP contribution in [0.3, 0.4) is 0 Å². The minimum Gasteiger partial charge on any atom is -0.493 e. The lowest BCUT2D eigenvalue weighted by molar-refractivity contribution is -0.123. The van der Waals surface area contributed by atoms with Crippen molar-refractivity contribution in [3.63, 3.8) is 0 Å². The van der Waals surface area contributed by atoms with Crippen molar-refractivity contribution in [2.75, 3.05) is 20.3 Å². The Morgan fingerprint density at radius 1 is 1.03 bits per heavy atom. The maximum absolute atomic E-state index is 13.0. The number of rotatable bonds is 9. The predicted molar refractivity (Wildman–Crippen MR) is 110 cm³/mol. The first-order valence-corrected chi connectivity index (χ1v) is 9.65. The van der Waals surface area contributed by atoms with Crippen molar-refractivity contribution in [3.8, 4) is 17.2 Å². The summed E-state index contributed by atoms with van der Waals surface area (Å²) in [5, 5.41) is 0.0367. The summed E-state index contributed by atoms with van der Waals surface area (Å²) in [4.78, 5) is 24.1. The number of methoxy groups -OCH3 is 1. The molecule has 0 fully saturated rings. The minimum atomic E-state index is -0.621. The van der Waals surface area contributed by atoms with E-state index in [-0.39, 0.29) is 16.3 Å². The molecule has 0 spiro atoms. The molecule has 2 rings (SSSR count). The average molecular weight is 439 g/mol.